The highest BCUT2D eigenvalue weighted by molar-refractivity contribution is 5.76. The van der Waals surface area contributed by atoms with Crippen LogP contribution in [0.4, 0.5) is 18.9 Å². The summed E-state index contributed by atoms with van der Waals surface area (Å²) in [6.07, 6.45) is 5.62. The highest BCUT2D eigenvalue weighted by Gasteiger charge is 2.16. The van der Waals surface area contributed by atoms with Crippen molar-refractivity contribution in [2.75, 3.05) is 11.9 Å². The quantitative estimate of drug-likeness (QED) is 0.819. The average Bonchev–Trinajstić information content (AvgIpc) is 2.48. The first kappa shape index (κ1) is 15.7. The van der Waals surface area contributed by atoms with Crippen LogP contribution in [0, 0.1) is 17.5 Å². The van der Waals surface area contributed by atoms with Crippen LogP contribution in [0.2, 0.25) is 0 Å². The van der Waals surface area contributed by atoms with E-state index >= 15 is 0 Å². The number of halogens is 3. The Hall–Kier alpha value is -1.72. The second-order valence-electron chi connectivity index (χ2n) is 5.30. The molecule has 1 aliphatic carbocycles. The number of benzene rings is 1. The van der Waals surface area contributed by atoms with Crippen LogP contribution in [0.1, 0.15) is 38.5 Å². The Labute approximate surface area is 121 Å². The van der Waals surface area contributed by atoms with Crippen LogP contribution in [0.25, 0.3) is 0 Å². The van der Waals surface area contributed by atoms with E-state index in [9.17, 15) is 18.0 Å². The molecule has 21 heavy (non-hydrogen) atoms. The van der Waals surface area contributed by atoms with Crippen molar-refractivity contribution in [2.24, 2.45) is 0 Å². The summed E-state index contributed by atoms with van der Waals surface area (Å²) in [4.78, 5) is 11.7. The molecule has 6 heteroatoms. The third kappa shape index (κ3) is 4.37. The summed E-state index contributed by atoms with van der Waals surface area (Å²) in [5.74, 6) is -4.11. The lowest BCUT2D eigenvalue weighted by molar-refractivity contribution is -0.121. The lowest BCUT2D eigenvalue weighted by Gasteiger charge is -2.22. The normalized spacial score (nSPS) is 15.8. The molecular weight excluding hydrogens is 281 g/mol. The van der Waals surface area contributed by atoms with Gasteiger partial charge >= 0.3 is 0 Å². The summed E-state index contributed by atoms with van der Waals surface area (Å²) in [6, 6.07) is 2.20. The maximum Gasteiger partial charge on any atom is 0.221 e. The van der Waals surface area contributed by atoms with Gasteiger partial charge in [0.25, 0.3) is 0 Å². The van der Waals surface area contributed by atoms with Crippen LogP contribution in [0.3, 0.4) is 0 Å². The molecule has 0 aromatic heterocycles. The van der Waals surface area contributed by atoms with Gasteiger partial charge in [-0.25, -0.2) is 13.2 Å². The molecule has 0 radical (unpaired) electrons. The topological polar surface area (TPSA) is 41.1 Å². The van der Waals surface area contributed by atoms with Crippen LogP contribution in [0.5, 0.6) is 0 Å². The van der Waals surface area contributed by atoms with Gasteiger partial charge in [0.1, 0.15) is 0 Å². The number of anilines is 1. The first-order chi connectivity index (χ1) is 10.1. The minimum absolute atomic E-state index is 0.114. The van der Waals surface area contributed by atoms with Gasteiger partial charge < -0.3 is 10.6 Å². The van der Waals surface area contributed by atoms with Gasteiger partial charge in [-0.05, 0) is 25.0 Å². The number of carbonyl (C=O) groups is 1. The summed E-state index contributed by atoms with van der Waals surface area (Å²) >= 11 is 0. The maximum absolute atomic E-state index is 13.4. The second-order valence-corrected chi connectivity index (χ2v) is 5.30. The number of hydrogen-bond donors (Lipinski definition) is 2. The van der Waals surface area contributed by atoms with Crippen molar-refractivity contribution in [2.45, 2.75) is 44.6 Å². The van der Waals surface area contributed by atoms with Crippen molar-refractivity contribution in [1.82, 2.24) is 5.32 Å². The molecule has 1 aromatic rings. The molecule has 2 rings (SSSR count). The first-order valence-corrected chi connectivity index (χ1v) is 7.24. The lowest BCUT2D eigenvalue weighted by Crippen LogP contribution is -2.36. The molecule has 0 unspecified atom stereocenters. The van der Waals surface area contributed by atoms with Crippen LogP contribution < -0.4 is 10.6 Å². The van der Waals surface area contributed by atoms with Gasteiger partial charge in [-0.15, -0.1) is 0 Å². The zero-order valence-electron chi connectivity index (χ0n) is 11.7. The van der Waals surface area contributed by atoms with Crippen LogP contribution in [0.15, 0.2) is 12.1 Å². The van der Waals surface area contributed by atoms with Gasteiger partial charge in [-0.1, -0.05) is 19.3 Å². The standard InChI is InChI=1S/C15H19F3N2O/c16-11-6-7-12(15(18)14(11)17)19-9-8-13(21)20-10-4-2-1-3-5-10/h6-7,10,19H,1-5,8-9H2,(H,20,21). The van der Waals surface area contributed by atoms with Crippen molar-refractivity contribution < 1.29 is 18.0 Å². The lowest BCUT2D eigenvalue weighted by atomic mass is 9.95. The molecule has 1 fully saturated rings. The number of amides is 1. The van der Waals surface area contributed by atoms with Gasteiger partial charge in [0.2, 0.25) is 5.91 Å². The van der Waals surface area contributed by atoms with E-state index in [1.807, 2.05) is 0 Å². The summed E-state index contributed by atoms with van der Waals surface area (Å²) in [5.41, 5.74) is -0.139. The molecule has 1 aromatic carbocycles. The minimum atomic E-state index is -1.51. The highest BCUT2D eigenvalue weighted by atomic mass is 19.2. The predicted octanol–water partition coefficient (Wildman–Crippen LogP) is 3.35. The largest absolute Gasteiger partial charge is 0.382 e. The fourth-order valence-electron chi connectivity index (χ4n) is 2.52. The Kier molecular flexibility index (Phi) is 5.47. The molecular formula is C15H19F3N2O. The van der Waals surface area contributed by atoms with Crippen molar-refractivity contribution in [3.05, 3.63) is 29.6 Å². The molecule has 1 amide bonds. The molecule has 0 atom stereocenters. The summed E-state index contributed by atoms with van der Waals surface area (Å²) in [6.45, 7) is 0.167. The smallest absolute Gasteiger partial charge is 0.221 e. The monoisotopic (exact) mass is 300 g/mol. The third-order valence-electron chi connectivity index (χ3n) is 3.67. The van der Waals surface area contributed by atoms with E-state index in [0.717, 1.165) is 37.8 Å². The maximum atomic E-state index is 13.4. The Bertz CT molecular complexity index is 502. The van der Waals surface area contributed by atoms with Gasteiger partial charge in [0.15, 0.2) is 17.5 Å². The zero-order valence-corrected chi connectivity index (χ0v) is 11.7. The average molecular weight is 300 g/mol. The molecule has 116 valence electrons. The van der Waals surface area contributed by atoms with Crippen LogP contribution >= 0.6 is 0 Å². The fraction of sp³-hybridized carbons (Fsp3) is 0.533. The van der Waals surface area contributed by atoms with Gasteiger partial charge in [-0.3, -0.25) is 4.79 Å². The number of rotatable bonds is 5. The van der Waals surface area contributed by atoms with E-state index < -0.39 is 17.5 Å². The summed E-state index contributed by atoms with van der Waals surface area (Å²) in [5, 5.41) is 5.54. The van der Waals surface area contributed by atoms with E-state index in [4.69, 9.17) is 0 Å². The number of nitrogens with one attached hydrogen (secondary N) is 2. The van der Waals surface area contributed by atoms with Gasteiger partial charge in [0.05, 0.1) is 5.69 Å². The van der Waals surface area contributed by atoms with Gasteiger partial charge in [0, 0.05) is 19.0 Å². The van der Waals surface area contributed by atoms with Crippen molar-refractivity contribution >= 4 is 11.6 Å². The minimum Gasteiger partial charge on any atom is -0.382 e. The second kappa shape index (κ2) is 7.33. The SMILES string of the molecule is O=C(CCNc1ccc(F)c(F)c1F)NC1CCCCC1. The zero-order chi connectivity index (χ0) is 15.2. The van der Waals surface area contributed by atoms with E-state index in [1.54, 1.807) is 0 Å². The van der Waals surface area contributed by atoms with E-state index in [-0.39, 0.29) is 30.6 Å². The van der Waals surface area contributed by atoms with Crippen LogP contribution in [-0.4, -0.2) is 18.5 Å². The Morgan fingerprint density at radius 1 is 1.10 bits per heavy atom. The summed E-state index contributed by atoms with van der Waals surface area (Å²) in [7, 11) is 0. The Morgan fingerprint density at radius 2 is 1.81 bits per heavy atom. The number of hydrogen-bond acceptors (Lipinski definition) is 2. The van der Waals surface area contributed by atoms with Crippen molar-refractivity contribution in [1.29, 1.82) is 0 Å². The number of carbonyl (C=O) groups excluding carboxylic acids is 1. The molecule has 0 saturated heterocycles. The summed E-state index contributed by atoms with van der Waals surface area (Å²) < 4.78 is 39.2. The molecule has 0 aliphatic heterocycles. The fourth-order valence-corrected chi connectivity index (χ4v) is 2.52. The Balaban J connectivity index is 1.76. The highest BCUT2D eigenvalue weighted by Crippen LogP contribution is 2.20. The van der Waals surface area contributed by atoms with Crippen LogP contribution in [-0.2, 0) is 4.79 Å². The first-order valence-electron chi connectivity index (χ1n) is 7.24. The molecule has 0 bridgehead atoms. The molecule has 0 spiro atoms. The molecule has 2 N–H and O–H groups in total. The Morgan fingerprint density at radius 3 is 2.52 bits per heavy atom. The molecule has 0 heterocycles. The molecule has 1 aliphatic rings. The molecule has 1 saturated carbocycles. The predicted molar refractivity (Wildman–Crippen MR) is 74.4 cm³/mol. The van der Waals surface area contributed by atoms with E-state index in [0.29, 0.717) is 0 Å². The van der Waals surface area contributed by atoms with Crippen molar-refractivity contribution in [3.8, 4) is 0 Å². The van der Waals surface area contributed by atoms with Gasteiger partial charge in [-0.2, -0.15) is 0 Å². The molecule has 3 nitrogen and oxygen atoms in total. The third-order valence-corrected chi connectivity index (χ3v) is 3.67. The van der Waals surface area contributed by atoms with Crippen molar-refractivity contribution in [3.63, 3.8) is 0 Å². The van der Waals surface area contributed by atoms with E-state index in [1.165, 1.54) is 6.42 Å². The van der Waals surface area contributed by atoms with E-state index in [2.05, 4.69) is 10.6 Å².